The monoisotopic (exact) mass is 244 g/mol. The Hall–Kier alpha value is -1.01. The zero-order valence-corrected chi connectivity index (χ0v) is 10.7. The van der Waals surface area contributed by atoms with E-state index in [9.17, 15) is 4.79 Å². The summed E-state index contributed by atoms with van der Waals surface area (Å²) in [5.41, 5.74) is 0.0913. The highest BCUT2D eigenvalue weighted by Crippen LogP contribution is 2.22. The van der Waals surface area contributed by atoms with Gasteiger partial charge in [-0.3, -0.25) is 4.79 Å². The summed E-state index contributed by atoms with van der Waals surface area (Å²) in [6, 6.07) is 0. The standard InChI is InChI=1S/C10H16N2O3S/c1-7-5-15-9(12-7)16-6-10(2,11-3)8(13)14-4/h5,11H,6H2,1-4H3. The van der Waals surface area contributed by atoms with E-state index >= 15 is 0 Å². The van der Waals surface area contributed by atoms with Crippen LogP contribution >= 0.6 is 11.8 Å². The van der Waals surface area contributed by atoms with Crippen molar-refractivity contribution in [1.29, 1.82) is 0 Å². The molecule has 0 saturated heterocycles. The zero-order chi connectivity index (χ0) is 12.2. The molecule has 0 bridgehead atoms. The number of hydrogen-bond donors (Lipinski definition) is 1. The molecule has 0 aliphatic heterocycles. The smallest absolute Gasteiger partial charge is 0.326 e. The lowest BCUT2D eigenvalue weighted by Crippen LogP contribution is -2.50. The van der Waals surface area contributed by atoms with Gasteiger partial charge < -0.3 is 14.5 Å². The molecule has 1 unspecified atom stereocenters. The van der Waals surface area contributed by atoms with Crippen molar-refractivity contribution in [3.05, 3.63) is 12.0 Å². The summed E-state index contributed by atoms with van der Waals surface area (Å²) >= 11 is 1.38. The van der Waals surface area contributed by atoms with E-state index < -0.39 is 5.54 Å². The SMILES string of the molecule is CNC(C)(CSc1nc(C)co1)C(=O)OC. The quantitative estimate of drug-likeness (QED) is 0.621. The molecule has 0 amide bonds. The third kappa shape index (κ3) is 2.99. The van der Waals surface area contributed by atoms with E-state index in [4.69, 9.17) is 9.15 Å². The van der Waals surface area contributed by atoms with Gasteiger partial charge in [0.05, 0.1) is 12.8 Å². The van der Waals surface area contributed by atoms with Crippen molar-refractivity contribution in [2.75, 3.05) is 19.9 Å². The summed E-state index contributed by atoms with van der Waals surface area (Å²) in [4.78, 5) is 15.7. The molecule has 1 rings (SSSR count). The number of aromatic nitrogens is 1. The molecular weight excluding hydrogens is 228 g/mol. The number of likely N-dealkylation sites (N-methyl/N-ethyl adjacent to an activating group) is 1. The van der Waals surface area contributed by atoms with Gasteiger partial charge in [-0.2, -0.15) is 0 Å². The number of aryl methyl sites for hydroxylation is 1. The molecule has 0 aliphatic carbocycles. The second-order valence-corrected chi connectivity index (χ2v) is 4.54. The minimum Gasteiger partial charge on any atom is -0.468 e. The van der Waals surface area contributed by atoms with Crippen LogP contribution in [0, 0.1) is 6.92 Å². The number of ether oxygens (including phenoxy) is 1. The lowest BCUT2D eigenvalue weighted by molar-refractivity contribution is -0.146. The van der Waals surface area contributed by atoms with Crippen LogP contribution in [0.25, 0.3) is 0 Å². The molecule has 0 fully saturated rings. The van der Waals surface area contributed by atoms with E-state index in [1.165, 1.54) is 18.9 Å². The second kappa shape index (κ2) is 5.36. The van der Waals surface area contributed by atoms with Gasteiger partial charge in [-0.1, -0.05) is 11.8 Å². The fourth-order valence-electron chi connectivity index (χ4n) is 1.06. The molecule has 1 aromatic rings. The van der Waals surface area contributed by atoms with Crippen LogP contribution in [-0.4, -0.2) is 36.4 Å². The maximum absolute atomic E-state index is 11.5. The Balaban J connectivity index is 2.61. The average molecular weight is 244 g/mol. The van der Waals surface area contributed by atoms with Gasteiger partial charge in [-0.05, 0) is 20.9 Å². The largest absolute Gasteiger partial charge is 0.468 e. The molecule has 0 radical (unpaired) electrons. The number of methoxy groups -OCH3 is 1. The van der Waals surface area contributed by atoms with Gasteiger partial charge in [-0.15, -0.1) is 0 Å². The summed E-state index contributed by atoms with van der Waals surface area (Å²) in [6.07, 6.45) is 1.58. The van der Waals surface area contributed by atoms with Gasteiger partial charge in [0, 0.05) is 5.75 Å². The van der Waals surface area contributed by atoms with Crippen LogP contribution in [0.1, 0.15) is 12.6 Å². The third-order valence-corrected chi connectivity index (χ3v) is 3.43. The summed E-state index contributed by atoms with van der Waals surface area (Å²) in [5, 5.41) is 3.50. The molecule has 1 aromatic heterocycles. The lowest BCUT2D eigenvalue weighted by Gasteiger charge is -2.24. The highest BCUT2D eigenvalue weighted by atomic mass is 32.2. The summed E-state index contributed by atoms with van der Waals surface area (Å²) in [5.74, 6) is 0.196. The topological polar surface area (TPSA) is 64.4 Å². The molecule has 16 heavy (non-hydrogen) atoms. The molecule has 0 saturated carbocycles. The van der Waals surface area contributed by atoms with Crippen molar-refractivity contribution in [2.45, 2.75) is 24.6 Å². The van der Waals surface area contributed by atoms with Crippen molar-refractivity contribution in [2.24, 2.45) is 0 Å². The van der Waals surface area contributed by atoms with Gasteiger partial charge >= 0.3 is 5.97 Å². The molecule has 5 nitrogen and oxygen atoms in total. The van der Waals surface area contributed by atoms with E-state index in [2.05, 4.69) is 10.3 Å². The van der Waals surface area contributed by atoms with Crippen molar-refractivity contribution >= 4 is 17.7 Å². The number of nitrogens with zero attached hydrogens (tertiary/aromatic N) is 1. The normalized spacial score (nSPS) is 14.5. The lowest BCUT2D eigenvalue weighted by atomic mass is 10.1. The molecule has 1 heterocycles. The number of thioether (sulfide) groups is 1. The first-order chi connectivity index (χ1) is 7.51. The molecule has 6 heteroatoms. The Morgan fingerprint density at radius 1 is 1.75 bits per heavy atom. The molecule has 1 N–H and O–H groups in total. The van der Waals surface area contributed by atoms with E-state index in [0.717, 1.165) is 5.69 Å². The van der Waals surface area contributed by atoms with Crippen molar-refractivity contribution in [3.8, 4) is 0 Å². The first kappa shape index (κ1) is 13.1. The van der Waals surface area contributed by atoms with Crippen LogP contribution in [0.5, 0.6) is 0 Å². The number of nitrogens with one attached hydrogen (secondary N) is 1. The first-order valence-corrected chi connectivity index (χ1v) is 5.82. The van der Waals surface area contributed by atoms with E-state index in [-0.39, 0.29) is 5.97 Å². The van der Waals surface area contributed by atoms with Crippen LogP contribution in [0.15, 0.2) is 15.9 Å². The van der Waals surface area contributed by atoms with E-state index in [0.29, 0.717) is 11.0 Å². The van der Waals surface area contributed by atoms with Gasteiger partial charge in [0.1, 0.15) is 11.8 Å². The number of carbonyl (C=O) groups is 1. The van der Waals surface area contributed by atoms with Crippen LogP contribution in [-0.2, 0) is 9.53 Å². The molecule has 0 spiro atoms. The number of esters is 1. The Kier molecular flexibility index (Phi) is 4.37. The van der Waals surface area contributed by atoms with Gasteiger partial charge in [0.2, 0.25) is 0 Å². The van der Waals surface area contributed by atoms with Gasteiger partial charge in [0.15, 0.2) is 0 Å². The average Bonchev–Trinajstić information content (AvgIpc) is 2.71. The number of carbonyl (C=O) groups excluding carboxylic acids is 1. The predicted octanol–water partition coefficient (Wildman–Crippen LogP) is 1.23. The second-order valence-electron chi connectivity index (χ2n) is 3.62. The van der Waals surface area contributed by atoms with Crippen LogP contribution < -0.4 is 5.32 Å². The van der Waals surface area contributed by atoms with Gasteiger partial charge in [0.25, 0.3) is 5.22 Å². The van der Waals surface area contributed by atoms with Crippen molar-refractivity contribution in [3.63, 3.8) is 0 Å². The first-order valence-electron chi connectivity index (χ1n) is 4.84. The fraction of sp³-hybridized carbons (Fsp3) is 0.600. The molecule has 0 aliphatic rings. The Morgan fingerprint density at radius 3 is 2.88 bits per heavy atom. The fourth-order valence-corrected chi connectivity index (χ4v) is 2.06. The van der Waals surface area contributed by atoms with Crippen LogP contribution in [0.4, 0.5) is 0 Å². The van der Waals surface area contributed by atoms with Gasteiger partial charge in [-0.25, -0.2) is 4.98 Å². The summed E-state index contributed by atoms with van der Waals surface area (Å²) in [6.45, 7) is 3.63. The minimum absolute atomic E-state index is 0.300. The van der Waals surface area contributed by atoms with E-state index in [1.54, 1.807) is 20.2 Å². The Labute approximate surface area is 98.9 Å². The number of rotatable bonds is 5. The Bertz CT molecular complexity index is 367. The molecule has 0 aromatic carbocycles. The minimum atomic E-state index is -0.734. The molecular formula is C10H16N2O3S. The third-order valence-electron chi connectivity index (χ3n) is 2.27. The summed E-state index contributed by atoms with van der Waals surface area (Å²) in [7, 11) is 3.09. The number of oxazole rings is 1. The molecule has 90 valence electrons. The zero-order valence-electron chi connectivity index (χ0n) is 9.86. The maximum atomic E-state index is 11.5. The van der Waals surface area contributed by atoms with Crippen molar-refractivity contribution < 1.29 is 13.9 Å². The highest BCUT2D eigenvalue weighted by Gasteiger charge is 2.33. The van der Waals surface area contributed by atoms with Crippen molar-refractivity contribution in [1.82, 2.24) is 10.3 Å². The number of hydrogen-bond acceptors (Lipinski definition) is 6. The van der Waals surface area contributed by atoms with Crippen LogP contribution in [0.2, 0.25) is 0 Å². The van der Waals surface area contributed by atoms with E-state index in [1.807, 2.05) is 6.92 Å². The molecule has 1 atom stereocenters. The summed E-state index contributed by atoms with van der Waals surface area (Å²) < 4.78 is 9.92. The predicted molar refractivity (Wildman–Crippen MR) is 61.4 cm³/mol. The van der Waals surface area contributed by atoms with Crippen LogP contribution in [0.3, 0.4) is 0 Å². The highest BCUT2D eigenvalue weighted by molar-refractivity contribution is 7.99. The Morgan fingerprint density at radius 2 is 2.44 bits per heavy atom. The maximum Gasteiger partial charge on any atom is 0.326 e.